The Bertz CT molecular complexity index is 515. The zero-order valence-corrected chi connectivity index (χ0v) is 12.7. The molecule has 0 amide bonds. The molecule has 0 saturated carbocycles. The van der Waals surface area contributed by atoms with E-state index in [0.717, 1.165) is 42.3 Å². The van der Waals surface area contributed by atoms with Gasteiger partial charge in [0, 0.05) is 30.5 Å². The van der Waals surface area contributed by atoms with E-state index < -0.39 is 0 Å². The van der Waals surface area contributed by atoms with Crippen molar-refractivity contribution >= 4 is 11.3 Å². The lowest BCUT2D eigenvalue weighted by Crippen LogP contribution is -2.17. The van der Waals surface area contributed by atoms with Crippen LogP contribution in [0.15, 0.2) is 29.1 Å². The van der Waals surface area contributed by atoms with Gasteiger partial charge in [0.2, 0.25) is 0 Å². The maximum absolute atomic E-state index is 5.57. The number of aromatic nitrogens is 1. The minimum absolute atomic E-state index is 0.636. The maximum Gasteiger partial charge on any atom is 0.165 e. The van der Waals surface area contributed by atoms with Gasteiger partial charge in [-0.1, -0.05) is 12.1 Å². The third kappa shape index (κ3) is 3.95. The predicted molar refractivity (Wildman–Crippen MR) is 81.7 cm³/mol. The number of methoxy groups -OCH3 is 1. The highest BCUT2D eigenvalue weighted by Crippen LogP contribution is 2.30. The first kappa shape index (κ1) is 14.8. The van der Waals surface area contributed by atoms with Gasteiger partial charge in [-0.2, -0.15) is 0 Å². The van der Waals surface area contributed by atoms with Crippen LogP contribution in [0.3, 0.4) is 0 Å². The molecular formula is C15H20N2O2S. The summed E-state index contributed by atoms with van der Waals surface area (Å²) in [6, 6.07) is 5.98. The Kier molecular flexibility index (Phi) is 5.83. The Hall–Kier alpha value is -1.59. The molecule has 0 bridgehead atoms. The molecule has 20 heavy (non-hydrogen) atoms. The smallest absolute Gasteiger partial charge is 0.165 e. The monoisotopic (exact) mass is 292 g/mol. The highest BCUT2D eigenvalue weighted by atomic mass is 32.1. The van der Waals surface area contributed by atoms with Crippen molar-refractivity contribution in [2.24, 2.45) is 0 Å². The standard InChI is InChI=1S/C15H20N2O2S/c1-3-19-14-6-4-5-12(15(14)18-2)9-16-8-7-13-10-20-11-17-13/h4-6,10-11,16H,3,7-9H2,1-2H3. The van der Waals surface area contributed by atoms with Gasteiger partial charge in [-0.05, 0) is 13.0 Å². The number of nitrogens with zero attached hydrogens (tertiary/aromatic N) is 1. The average Bonchev–Trinajstić information content (AvgIpc) is 2.97. The molecule has 5 heteroatoms. The van der Waals surface area contributed by atoms with E-state index in [9.17, 15) is 0 Å². The van der Waals surface area contributed by atoms with Crippen LogP contribution in [0, 0.1) is 0 Å². The number of benzene rings is 1. The van der Waals surface area contributed by atoms with Crippen molar-refractivity contribution in [3.8, 4) is 11.5 Å². The zero-order chi connectivity index (χ0) is 14.2. The summed E-state index contributed by atoms with van der Waals surface area (Å²) in [7, 11) is 1.68. The molecule has 2 aromatic rings. The van der Waals surface area contributed by atoms with E-state index >= 15 is 0 Å². The molecule has 0 aliphatic rings. The Labute approximate surface area is 123 Å². The normalized spacial score (nSPS) is 10.5. The van der Waals surface area contributed by atoms with Gasteiger partial charge in [-0.25, -0.2) is 4.98 Å². The fraction of sp³-hybridized carbons (Fsp3) is 0.400. The number of nitrogens with one attached hydrogen (secondary N) is 1. The van der Waals surface area contributed by atoms with Crippen LogP contribution in [0.4, 0.5) is 0 Å². The molecule has 1 aromatic carbocycles. The molecule has 108 valence electrons. The van der Waals surface area contributed by atoms with Crippen molar-refractivity contribution in [2.45, 2.75) is 19.9 Å². The maximum atomic E-state index is 5.57. The summed E-state index contributed by atoms with van der Waals surface area (Å²) in [4.78, 5) is 4.27. The zero-order valence-electron chi connectivity index (χ0n) is 11.9. The van der Waals surface area contributed by atoms with Crippen LogP contribution in [0.2, 0.25) is 0 Å². The first-order chi connectivity index (χ1) is 9.85. The van der Waals surface area contributed by atoms with Gasteiger partial charge in [0.15, 0.2) is 11.5 Å². The number of rotatable bonds is 8. The molecule has 0 unspecified atom stereocenters. The molecule has 0 atom stereocenters. The van der Waals surface area contributed by atoms with E-state index in [1.165, 1.54) is 0 Å². The highest BCUT2D eigenvalue weighted by Gasteiger charge is 2.09. The summed E-state index contributed by atoms with van der Waals surface area (Å²) in [5.41, 5.74) is 4.11. The molecular weight excluding hydrogens is 272 g/mol. The second kappa shape index (κ2) is 7.87. The summed E-state index contributed by atoms with van der Waals surface area (Å²) in [5.74, 6) is 1.62. The highest BCUT2D eigenvalue weighted by molar-refractivity contribution is 7.07. The van der Waals surface area contributed by atoms with Crippen LogP contribution in [0.1, 0.15) is 18.2 Å². The summed E-state index contributed by atoms with van der Waals surface area (Å²) in [5, 5.41) is 5.49. The van der Waals surface area contributed by atoms with Crippen molar-refractivity contribution in [3.05, 3.63) is 40.3 Å². The van der Waals surface area contributed by atoms with Gasteiger partial charge < -0.3 is 14.8 Å². The fourth-order valence-electron chi connectivity index (χ4n) is 2.00. The second-order valence-electron chi connectivity index (χ2n) is 4.29. The molecule has 1 heterocycles. The topological polar surface area (TPSA) is 43.4 Å². The lowest BCUT2D eigenvalue weighted by Gasteiger charge is -2.14. The van der Waals surface area contributed by atoms with Gasteiger partial charge in [0.25, 0.3) is 0 Å². The minimum Gasteiger partial charge on any atom is -0.493 e. The van der Waals surface area contributed by atoms with E-state index in [2.05, 4.69) is 21.7 Å². The SMILES string of the molecule is CCOc1cccc(CNCCc2cscn2)c1OC. The van der Waals surface area contributed by atoms with Crippen molar-refractivity contribution in [3.63, 3.8) is 0 Å². The lowest BCUT2D eigenvalue weighted by atomic mass is 10.2. The van der Waals surface area contributed by atoms with Gasteiger partial charge in [-0.15, -0.1) is 11.3 Å². The molecule has 1 N–H and O–H groups in total. The molecule has 0 fully saturated rings. The van der Waals surface area contributed by atoms with Crippen LogP contribution >= 0.6 is 11.3 Å². The van der Waals surface area contributed by atoms with Gasteiger partial charge in [0.05, 0.1) is 24.9 Å². The molecule has 4 nitrogen and oxygen atoms in total. The Balaban J connectivity index is 1.90. The fourth-order valence-corrected chi connectivity index (χ4v) is 2.59. The molecule has 0 saturated heterocycles. The molecule has 2 rings (SSSR count). The number of hydrogen-bond donors (Lipinski definition) is 1. The minimum atomic E-state index is 0.636. The Morgan fingerprint density at radius 1 is 1.35 bits per heavy atom. The number of ether oxygens (including phenoxy) is 2. The second-order valence-corrected chi connectivity index (χ2v) is 5.01. The van der Waals surface area contributed by atoms with Crippen LogP contribution in [-0.2, 0) is 13.0 Å². The molecule has 0 aliphatic carbocycles. The van der Waals surface area contributed by atoms with Crippen molar-refractivity contribution in [1.29, 1.82) is 0 Å². The van der Waals surface area contributed by atoms with Gasteiger partial charge in [-0.3, -0.25) is 0 Å². The van der Waals surface area contributed by atoms with E-state index in [1.54, 1.807) is 18.4 Å². The number of thiazole rings is 1. The van der Waals surface area contributed by atoms with Crippen molar-refractivity contribution in [1.82, 2.24) is 10.3 Å². The quantitative estimate of drug-likeness (QED) is 0.760. The van der Waals surface area contributed by atoms with E-state index in [1.807, 2.05) is 24.6 Å². The number of para-hydroxylation sites is 1. The third-order valence-electron chi connectivity index (χ3n) is 2.92. The first-order valence-electron chi connectivity index (χ1n) is 6.71. The van der Waals surface area contributed by atoms with Crippen LogP contribution in [0.5, 0.6) is 11.5 Å². The van der Waals surface area contributed by atoms with Crippen LogP contribution in [0.25, 0.3) is 0 Å². The van der Waals surface area contributed by atoms with E-state index in [4.69, 9.17) is 9.47 Å². The van der Waals surface area contributed by atoms with Gasteiger partial charge >= 0.3 is 0 Å². The lowest BCUT2D eigenvalue weighted by molar-refractivity contribution is 0.308. The summed E-state index contributed by atoms with van der Waals surface area (Å²) in [6.07, 6.45) is 0.941. The van der Waals surface area contributed by atoms with E-state index in [0.29, 0.717) is 6.61 Å². The predicted octanol–water partition coefficient (Wildman–Crippen LogP) is 2.88. The van der Waals surface area contributed by atoms with Crippen molar-refractivity contribution in [2.75, 3.05) is 20.3 Å². The Morgan fingerprint density at radius 2 is 2.25 bits per heavy atom. The van der Waals surface area contributed by atoms with Crippen LogP contribution < -0.4 is 14.8 Å². The van der Waals surface area contributed by atoms with E-state index in [-0.39, 0.29) is 0 Å². The van der Waals surface area contributed by atoms with Crippen LogP contribution in [-0.4, -0.2) is 25.2 Å². The molecule has 0 spiro atoms. The number of hydrogen-bond acceptors (Lipinski definition) is 5. The van der Waals surface area contributed by atoms with Gasteiger partial charge in [0.1, 0.15) is 0 Å². The molecule has 1 aromatic heterocycles. The van der Waals surface area contributed by atoms with Crippen molar-refractivity contribution < 1.29 is 9.47 Å². The third-order valence-corrected chi connectivity index (χ3v) is 3.56. The molecule has 0 aliphatic heterocycles. The summed E-state index contributed by atoms with van der Waals surface area (Å²) >= 11 is 1.63. The Morgan fingerprint density at radius 3 is 2.95 bits per heavy atom. The largest absolute Gasteiger partial charge is 0.493 e. The summed E-state index contributed by atoms with van der Waals surface area (Å²) in [6.45, 7) is 4.26. The average molecular weight is 292 g/mol. The first-order valence-corrected chi connectivity index (χ1v) is 7.66. The molecule has 0 radical (unpaired) electrons. The summed E-state index contributed by atoms with van der Waals surface area (Å²) < 4.78 is 11.0.